The number of Topliss-reactive ketones (excluding diaryl/α,β-unsaturated/α-hetero) is 1. The highest BCUT2D eigenvalue weighted by atomic mass is 19.1. The number of carbonyl (C=O) groups excluding carboxylic acids is 1. The van der Waals surface area contributed by atoms with Gasteiger partial charge in [-0.3, -0.25) is 9.69 Å². The van der Waals surface area contributed by atoms with Gasteiger partial charge in [0.05, 0.1) is 6.04 Å². The van der Waals surface area contributed by atoms with E-state index in [0.717, 1.165) is 19.5 Å². The fourth-order valence-corrected chi connectivity index (χ4v) is 2.61. The molecule has 2 rings (SSSR count). The lowest BCUT2D eigenvalue weighted by molar-refractivity contribution is -0.123. The van der Waals surface area contributed by atoms with Gasteiger partial charge < -0.3 is 4.90 Å². The number of hydrogen-bond acceptors (Lipinski definition) is 3. The van der Waals surface area contributed by atoms with Crippen LogP contribution in [0.1, 0.15) is 12.0 Å². The van der Waals surface area contributed by atoms with Crippen molar-refractivity contribution in [3.63, 3.8) is 0 Å². The summed E-state index contributed by atoms with van der Waals surface area (Å²) in [5, 5.41) is 0. The van der Waals surface area contributed by atoms with Gasteiger partial charge in [0, 0.05) is 18.5 Å². The zero-order valence-corrected chi connectivity index (χ0v) is 11.9. The molecule has 0 saturated carbocycles. The Hall–Kier alpha value is -1.33. The lowest BCUT2D eigenvalue weighted by Gasteiger charge is -2.26. The normalized spacial score (nSPS) is 21.7. The topological polar surface area (TPSA) is 23.6 Å². The van der Waals surface area contributed by atoms with Crippen LogP contribution in [0.3, 0.4) is 0 Å². The third-order valence-corrected chi connectivity index (χ3v) is 3.85. The van der Waals surface area contributed by atoms with Gasteiger partial charge in [-0.25, -0.2) is 8.78 Å². The van der Waals surface area contributed by atoms with Crippen LogP contribution in [-0.4, -0.2) is 55.4 Å². The number of halogens is 2. The van der Waals surface area contributed by atoms with Crippen LogP contribution in [0.5, 0.6) is 0 Å². The zero-order valence-electron chi connectivity index (χ0n) is 11.9. The van der Waals surface area contributed by atoms with Crippen LogP contribution in [0.15, 0.2) is 18.2 Å². The number of rotatable bonds is 3. The quantitative estimate of drug-likeness (QED) is 0.843. The van der Waals surface area contributed by atoms with Gasteiger partial charge in [-0.15, -0.1) is 0 Å². The van der Waals surface area contributed by atoms with Crippen molar-refractivity contribution in [3.05, 3.63) is 35.4 Å². The molecule has 0 aliphatic carbocycles. The first kappa shape index (κ1) is 15.1. The molecule has 1 aliphatic rings. The van der Waals surface area contributed by atoms with E-state index in [-0.39, 0.29) is 23.8 Å². The molecule has 0 bridgehead atoms. The van der Waals surface area contributed by atoms with Crippen molar-refractivity contribution >= 4 is 5.78 Å². The molecule has 1 unspecified atom stereocenters. The minimum absolute atomic E-state index is 0.127. The van der Waals surface area contributed by atoms with E-state index in [1.165, 1.54) is 18.2 Å². The average Bonchev–Trinajstić information content (AvgIpc) is 2.56. The largest absolute Gasteiger partial charge is 0.304 e. The average molecular weight is 282 g/mol. The number of benzene rings is 1. The molecule has 1 heterocycles. The predicted octanol–water partition coefficient (Wildman–Crippen LogP) is 1.71. The summed E-state index contributed by atoms with van der Waals surface area (Å²) in [4.78, 5) is 16.4. The van der Waals surface area contributed by atoms with Crippen molar-refractivity contribution in [2.45, 2.75) is 18.9 Å². The van der Waals surface area contributed by atoms with Gasteiger partial charge in [0.25, 0.3) is 0 Å². The van der Waals surface area contributed by atoms with Gasteiger partial charge >= 0.3 is 0 Å². The summed E-state index contributed by atoms with van der Waals surface area (Å²) in [5.74, 6) is -1.43. The van der Waals surface area contributed by atoms with E-state index in [0.29, 0.717) is 6.54 Å². The molecular weight excluding hydrogens is 262 g/mol. The summed E-state index contributed by atoms with van der Waals surface area (Å²) in [6.45, 7) is 2.36. The minimum Gasteiger partial charge on any atom is -0.304 e. The molecule has 1 aromatic carbocycles. The Balaban J connectivity index is 2.14. The van der Waals surface area contributed by atoms with Crippen LogP contribution in [0.25, 0.3) is 0 Å². The highest BCUT2D eigenvalue weighted by Crippen LogP contribution is 2.16. The van der Waals surface area contributed by atoms with E-state index in [1.807, 2.05) is 19.0 Å². The highest BCUT2D eigenvalue weighted by Gasteiger charge is 2.28. The van der Waals surface area contributed by atoms with Crippen molar-refractivity contribution in [2.75, 3.05) is 33.7 Å². The van der Waals surface area contributed by atoms with Crippen molar-refractivity contribution in [3.8, 4) is 0 Å². The maximum atomic E-state index is 13.6. The Morgan fingerprint density at radius 2 is 1.90 bits per heavy atom. The number of carbonyl (C=O) groups is 1. The predicted molar refractivity (Wildman–Crippen MR) is 73.6 cm³/mol. The molecular formula is C15H20F2N2O. The van der Waals surface area contributed by atoms with Crippen LogP contribution >= 0.6 is 0 Å². The van der Waals surface area contributed by atoms with Crippen molar-refractivity contribution in [1.29, 1.82) is 0 Å². The van der Waals surface area contributed by atoms with Crippen LogP contribution in [0.4, 0.5) is 8.78 Å². The molecule has 0 spiro atoms. The van der Waals surface area contributed by atoms with E-state index >= 15 is 0 Å². The number of ketones is 1. The van der Waals surface area contributed by atoms with Crippen LogP contribution < -0.4 is 0 Å². The molecule has 0 amide bonds. The summed E-state index contributed by atoms with van der Waals surface area (Å²) >= 11 is 0. The van der Waals surface area contributed by atoms with Crippen LogP contribution in [0.2, 0.25) is 0 Å². The molecule has 110 valence electrons. The second kappa shape index (κ2) is 6.41. The van der Waals surface area contributed by atoms with E-state index in [1.54, 1.807) is 0 Å². The Bertz CT molecular complexity index is 473. The molecule has 20 heavy (non-hydrogen) atoms. The summed E-state index contributed by atoms with van der Waals surface area (Å²) in [7, 11) is 3.85. The molecule has 1 atom stereocenters. The molecule has 0 aromatic heterocycles. The zero-order chi connectivity index (χ0) is 14.7. The Morgan fingerprint density at radius 1 is 1.25 bits per heavy atom. The maximum Gasteiger partial charge on any atom is 0.155 e. The molecule has 1 fully saturated rings. The summed E-state index contributed by atoms with van der Waals surface area (Å²) in [6, 6.07) is 3.38. The Labute approximate surface area is 118 Å². The number of likely N-dealkylation sites (N-methyl/N-ethyl adjacent to an activating group) is 2. The number of nitrogens with zero attached hydrogens (tertiary/aromatic N) is 2. The molecule has 0 N–H and O–H groups in total. The number of hydrogen-bond donors (Lipinski definition) is 0. The van der Waals surface area contributed by atoms with Gasteiger partial charge in [0.1, 0.15) is 11.6 Å². The molecule has 1 aromatic rings. The first-order valence-corrected chi connectivity index (χ1v) is 6.83. The highest BCUT2D eigenvalue weighted by molar-refractivity contribution is 5.86. The monoisotopic (exact) mass is 282 g/mol. The van der Waals surface area contributed by atoms with Gasteiger partial charge in [0.2, 0.25) is 0 Å². The first-order valence-electron chi connectivity index (χ1n) is 6.83. The van der Waals surface area contributed by atoms with E-state index in [4.69, 9.17) is 0 Å². The fourth-order valence-electron chi connectivity index (χ4n) is 2.61. The second-order valence-corrected chi connectivity index (χ2v) is 5.46. The fraction of sp³-hybridized carbons (Fsp3) is 0.533. The SMILES string of the molecule is CN1CCCN(C)C(C(=O)Cc2c(F)cccc2F)C1. The molecule has 1 saturated heterocycles. The van der Waals surface area contributed by atoms with E-state index in [9.17, 15) is 13.6 Å². The van der Waals surface area contributed by atoms with Crippen LogP contribution in [-0.2, 0) is 11.2 Å². The third kappa shape index (κ3) is 3.41. The van der Waals surface area contributed by atoms with Crippen molar-refractivity contribution in [1.82, 2.24) is 9.80 Å². The summed E-state index contributed by atoms with van der Waals surface area (Å²) in [6.07, 6.45) is 0.798. The molecule has 3 nitrogen and oxygen atoms in total. The first-order chi connectivity index (χ1) is 9.49. The molecule has 0 radical (unpaired) electrons. The smallest absolute Gasteiger partial charge is 0.155 e. The van der Waals surface area contributed by atoms with Crippen molar-refractivity contribution < 1.29 is 13.6 Å². The molecule has 5 heteroatoms. The lowest BCUT2D eigenvalue weighted by Crippen LogP contribution is -2.44. The van der Waals surface area contributed by atoms with Gasteiger partial charge in [-0.05, 0) is 45.7 Å². The second-order valence-electron chi connectivity index (χ2n) is 5.46. The van der Waals surface area contributed by atoms with Gasteiger partial charge in [-0.2, -0.15) is 0 Å². The van der Waals surface area contributed by atoms with Gasteiger partial charge in [0.15, 0.2) is 5.78 Å². The summed E-state index contributed by atoms with van der Waals surface area (Å²) in [5.41, 5.74) is -0.127. The van der Waals surface area contributed by atoms with Crippen LogP contribution in [0, 0.1) is 11.6 Å². The third-order valence-electron chi connectivity index (χ3n) is 3.85. The Kier molecular flexibility index (Phi) is 4.83. The van der Waals surface area contributed by atoms with Crippen molar-refractivity contribution in [2.24, 2.45) is 0 Å². The summed E-state index contributed by atoms with van der Waals surface area (Å²) < 4.78 is 27.2. The van der Waals surface area contributed by atoms with E-state index < -0.39 is 11.6 Å². The standard InChI is InChI=1S/C15H20F2N2O/c1-18-7-4-8-19(2)14(10-18)15(20)9-11-12(16)5-3-6-13(11)17/h3,5-6,14H,4,7-10H2,1-2H3. The minimum atomic E-state index is -0.650. The van der Waals surface area contributed by atoms with E-state index in [2.05, 4.69) is 4.90 Å². The Morgan fingerprint density at radius 3 is 2.55 bits per heavy atom. The van der Waals surface area contributed by atoms with Gasteiger partial charge in [-0.1, -0.05) is 6.07 Å². The lowest BCUT2D eigenvalue weighted by atomic mass is 10.0. The maximum absolute atomic E-state index is 13.6. The molecule has 1 aliphatic heterocycles.